The average molecular weight is 445 g/mol. The molecule has 2 saturated heterocycles. The van der Waals surface area contributed by atoms with Gasteiger partial charge in [-0.15, -0.1) is 0 Å². The third kappa shape index (κ3) is 4.33. The molecule has 32 heavy (non-hydrogen) atoms. The molecule has 4 amide bonds. The van der Waals surface area contributed by atoms with E-state index in [1.54, 1.807) is 0 Å². The van der Waals surface area contributed by atoms with Crippen LogP contribution in [0.5, 0.6) is 0 Å². The highest BCUT2D eigenvalue weighted by Gasteiger charge is 2.55. The van der Waals surface area contributed by atoms with Gasteiger partial charge in [0.25, 0.3) is 5.91 Å². The van der Waals surface area contributed by atoms with E-state index in [0.29, 0.717) is 56.3 Å². The summed E-state index contributed by atoms with van der Waals surface area (Å²) in [5, 5.41) is 3.14. The van der Waals surface area contributed by atoms with Gasteiger partial charge in [-0.2, -0.15) is 0 Å². The number of carbonyl (C=O) groups excluding carboxylic acids is 3. The van der Waals surface area contributed by atoms with Crippen molar-refractivity contribution < 1.29 is 14.4 Å². The molecule has 0 radical (unpaired) electrons. The number of allylic oxidation sites excluding steroid dienone is 2. The van der Waals surface area contributed by atoms with Gasteiger partial charge in [-0.25, -0.2) is 4.79 Å². The van der Waals surface area contributed by atoms with Gasteiger partial charge in [-0.05, 0) is 76.3 Å². The Bertz CT molecular complexity index is 771. The van der Waals surface area contributed by atoms with E-state index in [1.165, 1.54) is 4.90 Å². The number of amides is 4. The fourth-order valence-corrected chi connectivity index (χ4v) is 6.21. The van der Waals surface area contributed by atoms with Crippen LogP contribution < -0.4 is 5.32 Å². The van der Waals surface area contributed by atoms with Crippen LogP contribution in [0.1, 0.15) is 52.4 Å². The van der Waals surface area contributed by atoms with Crippen molar-refractivity contribution in [3.8, 4) is 0 Å². The highest BCUT2D eigenvalue weighted by molar-refractivity contribution is 6.07. The molecule has 0 aromatic rings. The van der Waals surface area contributed by atoms with Gasteiger partial charge in [0.15, 0.2) is 0 Å². The van der Waals surface area contributed by atoms with E-state index >= 15 is 0 Å². The zero-order chi connectivity index (χ0) is 23.0. The standard InChI is InChI=1S/C25H40N4O3/c1-17(2)7-10-25(23(31)29(24(32)26-25)14-13-27(3)4)20-8-11-28(12-9-20)22(30)21-16-18-5-6-19(21)15-18/h5-6,17-21H,7-16H2,1-4H3,(H,26,32)/t18-,19+,21+,25-/m1/s1. The van der Waals surface area contributed by atoms with Crippen LogP contribution in [-0.2, 0) is 9.59 Å². The summed E-state index contributed by atoms with van der Waals surface area (Å²) in [6.07, 6.45) is 9.74. The van der Waals surface area contributed by atoms with Crippen molar-refractivity contribution in [1.82, 2.24) is 20.0 Å². The Labute approximate surface area is 192 Å². The van der Waals surface area contributed by atoms with Gasteiger partial charge >= 0.3 is 6.03 Å². The number of hydrogen-bond acceptors (Lipinski definition) is 4. The molecule has 3 fully saturated rings. The molecule has 2 aliphatic carbocycles. The zero-order valence-corrected chi connectivity index (χ0v) is 20.2. The van der Waals surface area contributed by atoms with Gasteiger partial charge in [-0.3, -0.25) is 14.5 Å². The second-order valence-electron chi connectivity index (χ2n) is 11.1. The average Bonchev–Trinajstić information content (AvgIpc) is 3.45. The first-order valence-electron chi connectivity index (χ1n) is 12.5. The van der Waals surface area contributed by atoms with Crippen LogP contribution in [0.2, 0.25) is 0 Å². The number of piperidine rings is 1. The lowest BCUT2D eigenvalue weighted by Gasteiger charge is -2.42. The van der Waals surface area contributed by atoms with Crippen molar-refractivity contribution in [2.24, 2.45) is 29.6 Å². The lowest BCUT2D eigenvalue weighted by molar-refractivity contribution is -0.139. The Morgan fingerprint density at radius 3 is 2.47 bits per heavy atom. The second-order valence-corrected chi connectivity index (χ2v) is 11.1. The second kappa shape index (κ2) is 9.16. The number of likely N-dealkylation sites (tertiary alicyclic amines) is 1. The molecule has 2 heterocycles. The first-order chi connectivity index (χ1) is 15.2. The Balaban J connectivity index is 1.44. The van der Waals surface area contributed by atoms with E-state index in [4.69, 9.17) is 0 Å². The van der Waals surface area contributed by atoms with E-state index in [-0.39, 0.29) is 23.8 Å². The van der Waals surface area contributed by atoms with Crippen molar-refractivity contribution >= 4 is 17.8 Å². The maximum Gasteiger partial charge on any atom is 0.325 e. The fraction of sp³-hybridized carbons (Fsp3) is 0.800. The first-order valence-corrected chi connectivity index (χ1v) is 12.5. The first kappa shape index (κ1) is 23.3. The fourth-order valence-electron chi connectivity index (χ4n) is 6.21. The molecule has 0 spiro atoms. The van der Waals surface area contributed by atoms with Gasteiger partial charge in [0, 0.05) is 32.1 Å². The van der Waals surface area contributed by atoms with Crippen LogP contribution in [-0.4, -0.2) is 78.4 Å². The van der Waals surface area contributed by atoms with Crippen LogP contribution in [0.25, 0.3) is 0 Å². The topological polar surface area (TPSA) is 73.0 Å². The Morgan fingerprint density at radius 2 is 1.91 bits per heavy atom. The SMILES string of the molecule is CC(C)CC[C@]1(C2CCN(C(=O)[C@H]3C[C@@H]4C=C[C@H]3C4)CC2)NC(=O)N(CCN(C)C)C1=O. The van der Waals surface area contributed by atoms with Crippen molar-refractivity contribution in [3.05, 3.63) is 12.2 Å². The van der Waals surface area contributed by atoms with E-state index in [1.807, 2.05) is 23.9 Å². The largest absolute Gasteiger partial charge is 0.342 e. The van der Waals surface area contributed by atoms with Crippen molar-refractivity contribution in [2.75, 3.05) is 40.3 Å². The third-order valence-corrected chi connectivity index (χ3v) is 8.19. The number of likely N-dealkylation sites (N-methyl/N-ethyl adjacent to an activating group) is 1. The number of fused-ring (bicyclic) bond motifs is 2. The van der Waals surface area contributed by atoms with Crippen molar-refractivity contribution in [2.45, 2.75) is 57.9 Å². The highest BCUT2D eigenvalue weighted by Crippen LogP contribution is 2.45. The van der Waals surface area contributed by atoms with Crippen LogP contribution in [0, 0.1) is 29.6 Å². The predicted octanol–water partition coefficient (Wildman–Crippen LogP) is 2.73. The summed E-state index contributed by atoms with van der Waals surface area (Å²) in [5.74, 6) is 1.92. The smallest absolute Gasteiger partial charge is 0.325 e. The minimum absolute atomic E-state index is 0.0620. The summed E-state index contributed by atoms with van der Waals surface area (Å²) in [7, 11) is 3.90. The monoisotopic (exact) mass is 444 g/mol. The number of nitrogens with zero attached hydrogens (tertiary/aromatic N) is 3. The van der Waals surface area contributed by atoms with Gasteiger partial charge < -0.3 is 15.1 Å². The Kier molecular flexibility index (Phi) is 6.66. The molecule has 2 bridgehead atoms. The molecule has 4 rings (SSSR count). The van der Waals surface area contributed by atoms with Gasteiger partial charge in [0.2, 0.25) is 5.91 Å². The lowest BCUT2D eigenvalue weighted by Crippen LogP contribution is -2.57. The summed E-state index contributed by atoms with van der Waals surface area (Å²) in [6.45, 7) is 6.75. The van der Waals surface area contributed by atoms with E-state index < -0.39 is 5.54 Å². The maximum atomic E-state index is 13.6. The molecule has 178 valence electrons. The van der Waals surface area contributed by atoms with E-state index in [9.17, 15) is 14.4 Å². The zero-order valence-electron chi connectivity index (χ0n) is 20.2. The molecule has 4 atom stereocenters. The van der Waals surface area contributed by atoms with E-state index in [2.05, 4.69) is 31.3 Å². The van der Waals surface area contributed by atoms with Crippen LogP contribution in [0.4, 0.5) is 4.79 Å². The van der Waals surface area contributed by atoms with Crippen molar-refractivity contribution in [1.29, 1.82) is 0 Å². The summed E-state index contributed by atoms with van der Waals surface area (Å²) < 4.78 is 0. The number of carbonyl (C=O) groups is 3. The molecule has 1 N–H and O–H groups in total. The number of imide groups is 1. The molecule has 0 aromatic heterocycles. The minimum Gasteiger partial charge on any atom is -0.342 e. The van der Waals surface area contributed by atoms with Gasteiger partial charge in [0.1, 0.15) is 5.54 Å². The molecular formula is C25H40N4O3. The third-order valence-electron chi connectivity index (χ3n) is 8.19. The molecule has 0 aromatic carbocycles. The van der Waals surface area contributed by atoms with Crippen LogP contribution in [0.15, 0.2) is 12.2 Å². The minimum atomic E-state index is -0.821. The van der Waals surface area contributed by atoms with Crippen LogP contribution in [0.3, 0.4) is 0 Å². The molecule has 2 aliphatic heterocycles. The molecular weight excluding hydrogens is 404 g/mol. The Hall–Kier alpha value is -1.89. The quantitative estimate of drug-likeness (QED) is 0.462. The predicted molar refractivity (Wildman–Crippen MR) is 124 cm³/mol. The summed E-state index contributed by atoms with van der Waals surface area (Å²) >= 11 is 0. The van der Waals surface area contributed by atoms with Gasteiger partial charge in [-0.1, -0.05) is 26.0 Å². The molecule has 7 heteroatoms. The highest BCUT2D eigenvalue weighted by atomic mass is 16.2. The van der Waals surface area contributed by atoms with Gasteiger partial charge in [0.05, 0.1) is 0 Å². The summed E-state index contributed by atoms with van der Waals surface area (Å²) in [4.78, 5) is 45.0. The number of urea groups is 1. The number of hydrogen-bond donors (Lipinski definition) is 1. The number of nitrogens with one attached hydrogen (secondary N) is 1. The molecule has 7 nitrogen and oxygen atoms in total. The molecule has 1 saturated carbocycles. The summed E-state index contributed by atoms with van der Waals surface area (Å²) in [6, 6.07) is -0.257. The maximum absolute atomic E-state index is 13.6. The molecule has 4 aliphatic rings. The van der Waals surface area contributed by atoms with E-state index in [0.717, 1.165) is 32.1 Å². The molecule has 0 unspecified atom stereocenters. The van der Waals surface area contributed by atoms with Crippen LogP contribution >= 0.6 is 0 Å². The number of rotatable bonds is 8. The normalized spacial score (nSPS) is 32.6. The Morgan fingerprint density at radius 1 is 1.19 bits per heavy atom. The lowest BCUT2D eigenvalue weighted by atomic mass is 9.73. The van der Waals surface area contributed by atoms with Crippen molar-refractivity contribution in [3.63, 3.8) is 0 Å². The summed E-state index contributed by atoms with van der Waals surface area (Å²) in [5.41, 5.74) is -0.821.